The molecular weight excluding hydrogens is 282 g/mol. The first-order valence-corrected chi connectivity index (χ1v) is 8.92. The van der Waals surface area contributed by atoms with Crippen LogP contribution in [0.4, 0.5) is 5.69 Å². The van der Waals surface area contributed by atoms with Gasteiger partial charge in [0, 0.05) is 12.1 Å². The van der Waals surface area contributed by atoms with Crippen molar-refractivity contribution in [2.24, 2.45) is 10.9 Å². The lowest BCUT2D eigenvalue weighted by Gasteiger charge is -2.18. The van der Waals surface area contributed by atoms with E-state index in [1.807, 2.05) is 0 Å². The Balaban J connectivity index is 3.15. The van der Waals surface area contributed by atoms with Crippen molar-refractivity contribution in [1.82, 2.24) is 0 Å². The highest BCUT2D eigenvalue weighted by atomic mass is 16.1. The van der Waals surface area contributed by atoms with Crippen molar-refractivity contribution in [2.45, 2.75) is 79.6 Å². The number of para-hydroxylation sites is 1. The van der Waals surface area contributed by atoms with Gasteiger partial charge in [-0.3, -0.25) is 4.99 Å². The Labute approximate surface area is 142 Å². The topological polar surface area (TPSA) is 29.4 Å². The Kier molecular flexibility index (Phi) is 7.67. The molecule has 2 nitrogen and oxygen atoms in total. The Morgan fingerprint density at radius 3 is 1.91 bits per heavy atom. The predicted octanol–water partition coefficient (Wildman–Crippen LogP) is 6.42. The molecule has 0 amide bonds. The van der Waals surface area contributed by atoms with E-state index in [1.165, 1.54) is 11.1 Å². The standard InChI is InChI=1S/C21H33NO/c1-8-18(13-17(7)23)12-16(6)22-21-19(14(2)3)10-9-11-20(21)15(4)5/h9-11,14-15,18H,8,12-13H2,1-7H3/b22-16+. The molecule has 1 aromatic carbocycles. The predicted molar refractivity (Wildman–Crippen MR) is 101 cm³/mol. The van der Waals surface area contributed by atoms with Gasteiger partial charge in [0.1, 0.15) is 5.78 Å². The average molecular weight is 316 g/mol. The van der Waals surface area contributed by atoms with Crippen LogP contribution in [0.5, 0.6) is 0 Å². The van der Waals surface area contributed by atoms with E-state index in [2.05, 4.69) is 59.7 Å². The van der Waals surface area contributed by atoms with Gasteiger partial charge in [-0.05, 0) is 49.1 Å². The van der Waals surface area contributed by atoms with Gasteiger partial charge in [0.05, 0.1) is 5.69 Å². The van der Waals surface area contributed by atoms with E-state index in [9.17, 15) is 4.79 Å². The fourth-order valence-corrected chi connectivity index (χ4v) is 3.06. The number of hydrogen-bond donors (Lipinski definition) is 0. The number of aliphatic imine (C=N–C) groups is 1. The van der Waals surface area contributed by atoms with Crippen LogP contribution in [0.2, 0.25) is 0 Å². The highest BCUT2D eigenvalue weighted by Crippen LogP contribution is 2.35. The number of rotatable bonds is 8. The number of Topliss-reactive ketones (excluding diaryl/α,β-unsaturated/α-hetero) is 1. The summed E-state index contributed by atoms with van der Waals surface area (Å²) in [5, 5.41) is 0. The smallest absolute Gasteiger partial charge is 0.130 e. The first-order valence-electron chi connectivity index (χ1n) is 8.92. The molecule has 0 aliphatic heterocycles. The molecule has 0 N–H and O–H groups in total. The van der Waals surface area contributed by atoms with Crippen molar-refractivity contribution in [2.75, 3.05) is 0 Å². The number of carbonyl (C=O) groups is 1. The molecule has 0 saturated carbocycles. The Morgan fingerprint density at radius 2 is 1.52 bits per heavy atom. The van der Waals surface area contributed by atoms with Crippen LogP contribution in [0.1, 0.15) is 90.7 Å². The summed E-state index contributed by atoms with van der Waals surface area (Å²) in [6.07, 6.45) is 2.58. The molecule has 1 aromatic rings. The third-order valence-electron chi connectivity index (χ3n) is 4.38. The molecule has 128 valence electrons. The minimum absolute atomic E-state index is 0.273. The minimum atomic E-state index is 0.273. The monoisotopic (exact) mass is 315 g/mol. The summed E-state index contributed by atoms with van der Waals surface area (Å²) < 4.78 is 0. The maximum absolute atomic E-state index is 11.4. The van der Waals surface area contributed by atoms with Crippen molar-refractivity contribution < 1.29 is 4.79 Å². The molecule has 1 unspecified atom stereocenters. The highest BCUT2D eigenvalue weighted by Gasteiger charge is 2.15. The minimum Gasteiger partial charge on any atom is -0.300 e. The van der Waals surface area contributed by atoms with E-state index < -0.39 is 0 Å². The van der Waals surface area contributed by atoms with Crippen molar-refractivity contribution in [1.29, 1.82) is 0 Å². The van der Waals surface area contributed by atoms with Crippen LogP contribution < -0.4 is 0 Å². The van der Waals surface area contributed by atoms with Crippen LogP contribution in [0, 0.1) is 5.92 Å². The zero-order valence-corrected chi connectivity index (χ0v) is 15.9. The lowest BCUT2D eigenvalue weighted by atomic mass is 9.92. The normalized spacial score (nSPS) is 13.7. The molecule has 0 heterocycles. The summed E-state index contributed by atoms with van der Waals surface area (Å²) in [6, 6.07) is 6.52. The Hall–Kier alpha value is -1.44. The van der Waals surface area contributed by atoms with E-state index in [0.717, 1.165) is 24.2 Å². The Bertz CT molecular complexity index is 529. The van der Waals surface area contributed by atoms with Crippen molar-refractivity contribution in [3.05, 3.63) is 29.3 Å². The van der Waals surface area contributed by atoms with E-state index in [-0.39, 0.29) is 5.78 Å². The van der Waals surface area contributed by atoms with Crippen LogP contribution in [0.25, 0.3) is 0 Å². The second kappa shape index (κ2) is 9.00. The van der Waals surface area contributed by atoms with Gasteiger partial charge in [-0.15, -0.1) is 0 Å². The third-order valence-corrected chi connectivity index (χ3v) is 4.38. The van der Waals surface area contributed by atoms with E-state index >= 15 is 0 Å². The molecule has 2 heteroatoms. The summed E-state index contributed by atoms with van der Waals surface area (Å²) in [7, 11) is 0. The molecule has 0 radical (unpaired) electrons. The van der Waals surface area contributed by atoms with Crippen molar-refractivity contribution in [3.63, 3.8) is 0 Å². The second-order valence-corrected chi connectivity index (χ2v) is 7.33. The number of nitrogens with zero attached hydrogens (tertiary/aromatic N) is 1. The van der Waals surface area contributed by atoms with Crippen LogP contribution in [-0.4, -0.2) is 11.5 Å². The molecule has 0 saturated heterocycles. The number of benzene rings is 1. The summed E-state index contributed by atoms with van der Waals surface area (Å²) >= 11 is 0. The van der Waals surface area contributed by atoms with Crippen LogP contribution in [0.15, 0.2) is 23.2 Å². The van der Waals surface area contributed by atoms with E-state index in [4.69, 9.17) is 4.99 Å². The van der Waals surface area contributed by atoms with Crippen LogP contribution >= 0.6 is 0 Å². The third kappa shape index (κ3) is 5.93. The highest BCUT2D eigenvalue weighted by molar-refractivity contribution is 5.86. The summed E-state index contributed by atoms with van der Waals surface area (Å²) in [4.78, 5) is 16.4. The molecule has 0 aliphatic carbocycles. The zero-order valence-electron chi connectivity index (χ0n) is 15.9. The molecule has 1 atom stereocenters. The molecule has 0 fully saturated rings. The van der Waals surface area contributed by atoms with E-state index in [1.54, 1.807) is 6.92 Å². The average Bonchev–Trinajstić information content (AvgIpc) is 2.45. The Morgan fingerprint density at radius 1 is 1.00 bits per heavy atom. The maximum atomic E-state index is 11.4. The van der Waals surface area contributed by atoms with Crippen molar-refractivity contribution in [3.8, 4) is 0 Å². The molecule has 23 heavy (non-hydrogen) atoms. The SMILES string of the molecule is CCC(CC(C)=O)C/C(C)=N/c1c(C(C)C)cccc1C(C)C. The van der Waals surface area contributed by atoms with Crippen LogP contribution in [0.3, 0.4) is 0 Å². The zero-order chi connectivity index (χ0) is 17.6. The summed E-state index contributed by atoms with van der Waals surface area (Å²) in [5.74, 6) is 1.60. The fraction of sp³-hybridized carbons (Fsp3) is 0.619. The molecule has 0 spiro atoms. The molecule has 1 rings (SSSR count). The van der Waals surface area contributed by atoms with E-state index in [0.29, 0.717) is 24.2 Å². The number of ketones is 1. The second-order valence-electron chi connectivity index (χ2n) is 7.33. The largest absolute Gasteiger partial charge is 0.300 e. The molecule has 0 aliphatic rings. The first kappa shape index (κ1) is 19.6. The number of hydrogen-bond acceptors (Lipinski definition) is 2. The van der Waals surface area contributed by atoms with Gasteiger partial charge >= 0.3 is 0 Å². The van der Waals surface area contributed by atoms with Crippen LogP contribution in [-0.2, 0) is 4.79 Å². The van der Waals surface area contributed by atoms with Gasteiger partial charge in [-0.25, -0.2) is 0 Å². The quantitative estimate of drug-likeness (QED) is 0.509. The fourth-order valence-electron chi connectivity index (χ4n) is 3.06. The van der Waals surface area contributed by atoms with Gasteiger partial charge in [-0.1, -0.05) is 59.2 Å². The molecule has 0 bridgehead atoms. The van der Waals surface area contributed by atoms with Gasteiger partial charge in [0.2, 0.25) is 0 Å². The molecular formula is C21H33NO. The van der Waals surface area contributed by atoms with Gasteiger partial charge in [0.15, 0.2) is 0 Å². The first-order chi connectivity index (χ1) is 10.8. The van der Waals surface area contributed by atoms with Gasteiger partial charge in [-0.2, -0.15) is 0 Å². The summed E-state index contributed by atoms with van der Waals surface area (Å²) in [6.45, 7) is 14.8. The number of carbonyl (C=O) groups excluding carboxylic acids is 1. The molecule has 0 aromatic heterocycles. The van der Waals surface area contributed by atoms with Crippen molar-refractivity contribution >= 4 is 17.2 Å². The summed E-state index contributed by atoms with van der Waals surface area (Å²) in [5.41, 5.74) is 4.91. The lowest BCUT2D eigenvalue weighted by Crippen LogP contribution is -2.09. The van der Waals surface area contributed by atoms with Gasteiger partial charge in [0.25, 0.3) is 0 Å². The van der Waals surface area contributed by atoms with Gasteiger partial charge < -0.3 is 4.79 Å². The lowest BCUT2D eigenvalue weighted by molar-refractivity contribution is -0.117. The maximum Gasteiger partial charge on any atom is 0.130 e.